The average Bonchev–Trinajstić information content (AvgIpc) is 2.56. The minimum absolute atomic E-state index is 0.361. The van der Waals surface area contributed by atoms with Crippen LogP contribution in [0.2, 0.25) is 0 Å². The monoisotopic (exact) mass is 309 g/mol. The Balaban J connectivity index is 1.62. The second kappa shape index (κ2) is 7.08. The third kappa shape index (κ3) is 3.87. The number of phenolic OH excluding ortho intramolecular Hbond substituents is 1. The molecule has 2 aromatic rings. The van der Waals surface area contributed by atoms with Gasteiger partial charge in [0.25, 0.3) is 0 Å². The Labute approximate surface area is 139 Å². The quantitative estimate of drug-likeness (QED) is 0.872. The predicted molar refractivity (Wildman–Crippen MR) is 97.3 cm³/mol. The van der Waals surface area contributed by atoms with E-state index in [1.807, 2.05) is 12.1 Å². The lowest BCUT2D eigenvalue weighted by atomic mass is 9.89. The fourth-order valence-corrected chi connectivity index (χ4v) is 3.67. The van der Waals surface area contributed by atoms with Crippen molar-refractivity contribution < 1.29 is 5.11 Å². The second-order valence-corrected chi connectivity index (χ2v) is 6.87. The smallest absolute Gasteiger partial charge is 0.117 e. The number of anilines is 1. The standard InChI is InChI=1S/C21H27NO/c1-16-6-3-8-19(17(16)2)12-11-18-7-5-13-22(15-18)20-9-4-10-21(23)14-20/h3-4,6,8-10,14,18,23H,5,7,11-13,15H2,1-2H3. The van der Waals surface area contributed by atoms with Gasteiger partial charge in [-0.15, -0.1) is 0 Å². The normalized spacial score (nSPS) is 18.2. The van der Waals surface area contributed by atoms with Gasteiger partial charge >= 0.3 is 0 Å². The van der Waals surface area contributed by atoms with E-state index in [2.05, 4.69) is 43.0 Å². The fourth-order valence-electron chi connectivity index (χ4n) is 3.67. The number of hydrogen-bond donors (Lipinski definition) is 1. The van der Waals surface area contributed by atoms with E-state index in [1.165, 1.54) is 42.4 Å². The molecule has 1 aliphatic heterocycles. The molecule has 1 saturated heterocycles. The van der Waals surface area contributed by atoms with Gasteiger partial charge in [-0.05, 0) is 74.3 Å². The first-order valence-corrected chi connectivity index (χ1v) is 8.72. The molecule has 1 N–H and O–H groups in total. The zero-order valence-electron chi connectivity index (χ0n) is 14.3. The van der Waals surface area contributed by atoms with Crippen molar-refractivity contribution in [3.05, 3.63) is 59.2 Å². The molecule has 2 aromatic carbocycles. The van der Waals surface area contributed by atoms with Crippen molar-refractivity contribution in [2.45, 2.75) is 39.5 Å². The van der Waals surface area contributed by atoms with Gasteiger partial charge in [-0.1, -0.05) is 24.3 Å². The first-order chi connectivity index (χ1) is 11.1. The number of benzene rings is 2. The fraction of sp³-hybridized carbons (Fsp3) is 0.429. The summed E-state index contributed by atoms with van der Waals surface area (Å²) >= 11 is 0. The Morgan fingerprint density at radius 2 is 1.96 bits per heavy atom. The van der Waals surface area contributed by atoms with Gasteiger partial charge in [0, 0.05) is 24.8 Å². The third-order valence-electron chi connectivity index (χ3n) is 5.25. The van der Waals surface area contributed by atoms with E-state index in [9.17, 15) is 5.11 Å². The van der Waals surface area contributed by atoms with E-state index in [4.69, 9.17) is 0 Å². The van der Waals surface area contributed by atoms with E-state index in [0.29, 0.717) is 5.75 Å². The van der Waals surface area contributed by atoms with E-state index in [1.54, 1.807) is 6.07 Å². The molecule has 1 heterocycles. The molecule has 23 heavy (non-hydrogen) atoms. The molecule has 1 unspecified atom stereocenters. The molecule has 0 spiro atoms. The van der Waals surface area contributed by atoms with Crippen molar-refractivity contribution in [2.75, 3.05) is 18.0 Å². The maximum absolute atomic E-state index is 9.69. The molecule has 0 aliphatic carbocycles. The average molecular weight is 309 g/mol. The molecule has 3 rings (SSSR count). The van der Waals surface area contributed by atoms with Crippen molar-refractivity contribution in [1.29, 1.82) is 0 Å². The maximum Gasteiger partial charge on any atom is 0.117 e. The minimum atomic E-state index is 0.361. The topological polar surface area (TPSA) is 23.5 Å². The van der Waals surface area contributed by atoms with Crippen LogP contribution in [-0.4, -0.2) is 18.2 Å². The Morgan fingerprint density at radius 1 is 1.13 bits per heavy atom. The summed E-state index contributed by atoms with van der Waals surface area (Å²) in [7, 11) is 0. The Hall–Kier alpha value is -1.96. The van der Waals surface area contributed by atoms with Crippen molar-refractivity contribution in [1.82, 2.24) is 0 Å². The number of nitrogens with zero attached hydrogens (tertiary/aromatic N) is 1. The SMILES string of the molecule is Cc1cccc(CCC2CCCN(c3cccc(O)c3)C2)c1C. The van der Waals surface area contributed by atoms with Crippen LogP contribution < -0.4 is 4.90 Å². The van der Waals surface area contributed by atoms with Crippen molar-refractivity contribution >= 4 is 5.69 Å². The number of hydrogen-bond acceptors (Lipinski definition) is 2. The summed E-state index contributed by atoms with van der Waals surface area (Å²) in [5, 5.41) is 9.69. The van der Waals surface area contributed by atoms with Gasteiger partial charge in [0.15, 0.2) is 0 Å². The summed E-state index contributed by atoms with van der Waals surface area (Å²) in [5.41, 5.74) is 5.50. The highest BCUT2D eigenvalue weighted by Gasteiger charge is 2.20. The van der Waals surface area contributed by atoms with E-state index in [0.717, 1.165) is 24.7 Å². The van der Waals surface area contributed by atoms with Gasteiger partial charge in [0.2, 0.25) is 0 Å². The van der Waals surface area contributed by atoms with Crippen molar-refractivity contribution in [3.8, 4) is 5.75 Å². The summed E-state index contributed by atoms with van der Waals surface area (Å²) in [6, 6.07) is 14.3. The first kappa shape index (κ1) is 15.9. The van der Waals surface area contributed by atoms with Gasteiger partial charge in [-0.3, -0.25) is 0 Å². The summed E-state index contributed by atoms with van der Waals surface area (Å²) in [6.45, 7) is 6.64. The Kier molecular flexibility index (Phi) is 4.90. The van der Waals surface area contributed by atoms with Gasteiger partial charge in [-0.25, -0.2) is 0 Å². The molecule has 0 amide bonds. The molecule has 2 nitrogen and oxygen atoms in total. The highest BCUT2D eigenvalue weighted by molar-refractivity contribution is 5.50. The zero-order chi connectivity index (χ0) is 16.2. The molecule has 0 bridgehead atoms. The number of aryl methyl sites for hydroxylation is 2. The lowest BCUT2D eigenvalue weighted by Crippen LogP contribution is -2.35. The van der Waals surface area contributed by atoms with Crippen LogP contribution in [-0.2, 0) is 6.42 Å². The zero-order valence-corrected chi connectivity index (χ0v) is 14.3. The highest BCUT2D eigenvalue weighted by Crippen LogP contribution is 2.28. The van der Waals surface area contributed by atoms with Crippen molar-refractivity contribution in [3.63, 3.8) is 0 Å². The van der Waals surface area contributed by atoms with Crippen LogP contribution in [0.15, 0.2) is 42.5 Å². The van der Waals surface area contributed by atoms with Crippen LogP contribution in [0.1, 0.15) is 36.0 Å². The highest BCUT2D eigenvalue weighted by atomic mass is 16.3. The Morgan fingerprint density at radius 3 is 2.78 bits per heavy atom. The van der Waals surface area contributed by atoms with Crippen LogP contribution in [0.3, 0.4) is 0 Å². The summed E-state index contributed by atoms with van der Waals surface area (Å²) in [6.07, 6.45) is 4.99. The summed E-state index contributed by atoms with van der Waals surface area (Å²) in [4.78, 5) is 2.43. The molecule has 122 valence electrons. The number of aromatic hydroxyl groups is 1. The van der Waals surface area contributed by atoms with Gasteiger partial charge in [0.1, 0.15) is 5.75 Å². The van der Waals surface area contributed by atoms with Gasteiger partial charge < -0.3 is 10.0 Å². The van der Waals surface area contributed by atoms with Crippen LogP contribution in [0.25, 0.3) is 0 Å². The minimum Gasteiger partial charge on any atom is -0.508 e. The lowest BCUT2D eigenvalue weighted by Gasteiger charge is -2.34. The molecule has 1 fully saturated rings. The molecule has 1 aliphatic rings. The van der Waals surface area contributed by atoms with Gasteiger partial charge in [-0.2, -0.15) is 0 Å². The number of phenols is 1. The predicted octanol–water partition coefficient (Wildman–Crippen LogP) is 4.86. The van der Waals surface area contributed by atoms with Gasteiger partial charge in [0.05, 0.1) is 0 Å². The molecule has 0 saturated carbocycles. The largest absolute Gasteiger partial charge is 0.508 e. The molecule has 1 atom stereocenters. The summed E-state index contributed by atoms with van der Waals surface area (Å²) in [5.74, 6) is 1.10. The number of piperidine rings is 1. The first-order valence-electron chi connectivity index (χ1n) is 8.72. The second-order valence-electron chi connectivity index (χ2n) is 6.87. The van der Waals surface area contributed by atoms with Crippen LogP contribution in [0, 0.1) is 19.8 Å². The molecule has 0 radical (unpaired) electrons. The van der Waals surface area contributed by atoms with E-state index < -0.39 is 0 Å². The van der Waals surface area contributed by atoms with E-state index in [-0.39, 0.29) is 0 Å². The third-order valence-corrected chi connectivity index (χ3v) is 5.25. The van der Waals surface area contributed by atoms with Crippen LogP contribution >= 0.6 is 0 Å². The van der Waals surface area contributed by atoms with Crippen LogP contribution in [0.4, 0.5) is 5.69 Å². The van der Waals surface area contributed by atoms with Crippen LogP contribution in [0.5, 0.6) is 5.75 Å². The lowest BCUT2D eigenvalue weighted by molar-refractivity contribution is 0.391. The molecule has 2 heteroatoms. The van der Waals surface area contributed by atoms with E-state index >= 15 is 0 Å². The molecular formula is C21H27NO. The molecular weight excluding hydrogens is 282 g/mol. The Bertz CT molecular complexity index is 665. The molecule has 0 aromatic heterocycles. The number of rotatable bonds is 4. The summed E-state index contributed by atoms with van der Waals surface area (Å²) < 4.78 is 0. The van der Waals surface area contributed by atoms with Crippen molar-refractivity contribution in [2.24, 2.45) is 5.92 Å². The maximum atomic E-state index is 9.69.